The fourth-order valence-corrected chi connectivity index (χ4v) is 2.88. The third-order valence-corrected chi connectivity index (χ3v) is 4.42. The fourth-order valence-electron chi connectivity index (χ4n) is 2.88. The minimum atomic E-state index is -0.230. The van der Waals surface area contributed by atoms with Gasteiger partial charge >= 0.3 is 0 Å². The van der Waals surface area contributed by atoms with E-state index in [2.05, 4.69) is 20.4 Å². The van der Waals surface area contributed by atoms with Crippen LogP contribution in [0.3, 0.4) is 0 Å². The number of likely N-dealkylation sites (tertiary alicyclic amines) is 1. The number of hydrogen-bond acceptors (Lipinski definition) is 7. The molecular weight excluding hydrogens is 334 g/mol. The maximum Gasteiger partial charge on any atom is 0.274 e. The molecule has 3 rings (SSSR count). The number of carbonyl (C=O) groups excluding carboxylic acids is 1. The predicted octanol–water partition coefficient (Wildman–Crippen LogP) is 0.353. The molecule has 1 aliphatic rings. The molecule has 1 aliphatic heterocycles. The minimum Gasteiger partial charge on any atom is -0.367 e. The monoisotopic (exact) mass is 357 g/mol. The van der Waals surface area contributed by atoms with E-state index in [1.165, 1.54) is 16.8 Å². The summed E-state index contributed by atoms with van der Waals surface area (Å²) in [6.45, 7) is 1.26. The van der Waals surface area contributed by atoms with Gasteiger partial charge in [-0.2, -0.15) is 5.10 Å². The van der Waals surface area contributed by atoms with Gasteiger partial charge in [0.15, 0.2) is 0 Å². The van der Waals surface area contributed by atoms with Gasteiger partial charge in [-0.1, -0.05) is 0 Å². The zero-order chi connectivity index (χ0) is 18.7. The van der Waals surface area contributed by atoms with Crippen molar-refractivity contribution in [2.45, 2.75) is 18.9 Å². The molecule has 2 aromatic rings. The minimum absolute atomic E-state index is 0.143. The summed E-state index contributed by atoms with van der Waals surface area (Å²) in [4.78, 5) is 36.1. The summed E-state index contributed by atoms with van der Waals surface area (Å²) in [6.07, 6.45) is 3.18. The van der Waals surface area contributed by atoms with E-state index in [9.17, 15) is 9.59 Å². The second-order valence-corrected chi connectivity index (χ2v) is 6.55. The molecule has 1 amide bonds. The van der Waals surface area contributed by atoms with Crippen LogP contribution in [0.5, 0.6) is 0 Å². The maximum absolute atomic E-state index is 12.5. The van der Waals surface area contributed by atoms with Crippen molar-refractivity contribution in [3.05, 3.63) is 40.6 Å². The molecule has 0 aliphatic carbocycles. The van der Waals surface area contributed by atoms with Crippen molar-refractivity contribution in [2.75, 3.05) is 37.4 Å². The average molecular weight is 357 g/mol. The second-order valence-electron chi connectivity index (χ2n) is 6.55. The van der Waals surface area contributed by atoms with E-state index >= 15 is 0 Å². The van der Waals surface area contributed by atoms with Crippen LogP contribution in [-0.2, 0) is 7.05 Å². The Hall–Kier alpha value is -2.97. The maximum atomic E-state index is 12.5. The van der Waals surface area contributed by atoms with Gasteiger partial charge in [0.2, 0.25) is 0 Å². The number of anilines is 2. The first-order valence-corrected chi connectivity index (χ1v) is 8.53. The molecule has 1 fully saturated rings. The Morgan fingerprint density at radius 3 is 2.62 bits per heavy atom. The standard InChI is InChI=1S/C17H23N7O2/c1-22(2)15-10-14(18-11-19-15)20-12-6-8-24(9-7-12)17(26)13-4-5-16(25)23(3)21-13/h4-5,10-12H,6-9H2,1-3H3,(H,18,19,20). The number of rotatable bonds is 4. The Balaban J connectivity index is 1.58. The SMILES string of the molecule is CN(C)c1cc(NC2CCN(C(=O)c3ccc(=O)n(C)n3)CC2)ncn1. The van der Waals surface area contributed by atoms with Crippen molar-refractivity contribution in [3.63, 3.8) is 0 Å². The van der Waals surface area contributed by atoms with Crippen molar-refractivity contribution in [2.24, 2.45) is 7.05 Å². The molecule has 3 heterocycles. The van der Waals surface area contributed by atoms with Crippen LogP contribution in [0.1, 0.15) is 23.3 Å². The normalized spacial score (nSPS) is 15.0. The number of aromatic nitrogens is 4. The summed E-state index contributed by atoms with van der Waals surface area (Å²) in [5.41, 5.74) is 0.0661. The molecule has 1 N–H and O–H groups in total. The van der Waals surface area contributed by atoms with E-state index in [1.54, 1.807) is 18.3 Å². The molecule has 0 spiro atoms. The van der Waals surface area contributed by atoms with E-state index in [-0.39, 0.29) is 17.5 Å². The van der Waals surface area contributed by atoms with Gasteiger partial charge in [0, 0.05) is 52.4 Å². The van der Waals surface area contributed by atoms with Gasteiger partial charge in [-0.25, -0.2) is 14.6 Å². The lowest BCUT2D eigenvalue weighted by Crippen LogP contribution is -2.43. The zero-order valence-electron chi connectivity index (χ0n) is 15.2. The molecular formula is C17H23N7O2. The highest BCUT2D eigenvalue weighted by atomic mass is 16.2. The molecule has 0 saturated carbocycles. The Labute approximate surface area is 151 Å². The average Bonchev–Trinajstić information content (AvgIpc) is 2.64. The number of piperidine rings is 1. The number of amides is 1. The molecule has 2 aromatic heterocycles. The number of nitrogens with zero attached hydrogens (tertiary/aromatic N) is 6. The van der Waals surface area contributed by atoms with Crippen LogP contribution in [0, 0.1) is 0 Å². The van der Waals surface area contributed by atoms with Gasteiger partial charge in [-0.05, 0) is 18.9 Å². The molecule has 0 bridgehead atoms. The van der Waals surface area contributed by atoms with Gasteiger partial charge in [-0.15, -0.1) is 0 Å². The highest BCUT2D eigenvalue weighted by Crippen LogP contribution is 2.18. The summed E-state index contributed by atoms with van der Waals surface area (Å²) in [5.74, 6) is 1.49. The molecule has 0 radical (unpaired) electrons. The highest BCUT2D eigenvalue weighted by molar-refractivity contribution is 5.92. The molecule has 1 saturated heterocycles. The van der Waals surface area contributed by atoms with Gasteiger partial charge < -0.3 is 15.1 Å². The summed E-state index contributed by atoms with van der Waals surface area (Å²) < 4.78 is 1.18. The van der Waals surface area contributed by atoms with Crippen LogP contribution >= 0.6 is 0 Å². The molecule has 9 nitrogen and oxygen atoms in total. The van der Waals surface area contributed by atoms with Crippen molar-refractivity contribution in [1.29, 1.82) is 0 Å². The smallest absolute Gasteiger partial charge is 0.274 e. The number of hydrogen-bond donors (Lipinski definition) is 1. The first-order chi connectivity index (χ1) is 12.4. The summed E-state index contributed by atoms with van der Waals surface area (Å²) in [5, 5.41) is 7.45. The molecule has 9 heteroatoms. The van der Waals surface area contributed by atoms with Gasteiger partial charge in [0.1, 0.15) is 23.7 Å². The van der Waals surface area contributed by atoms with E-state index < -0.39 is 0 Å². The van der Waals surface area contributed by atoms with Gasteiger partial charge in [-0.3, -0.25) is 9.59 Å². The molecule has 138 valence electrons. The first kappa shape index (κ1) is 17.8. The topological polar surface area (TPSA) is 96.2 Å². The number of nitrogens with one attached hydrogen (secondary N) is 1. The zero-order valence-corrected chi connectivity index (χ0v) is 15.2. The van der Waals surface area contributed by atoms with Crippen molar-refractivity contribution >= 4 is 17.5 Å². The van der Waals surface area contributed by atoms with Crippen LogP contribution in [0.4, 0.5) is 11.6 Å². The van der Waals surface area contributed by atoms with Crippen LogP contribution in [0.25, 0.3) is 0 Å². The Bertz CT molecular complexity index is 841. The fraction of sp³-hybridized carbons (Fsp3) is 0.471. The second kappa shape index (κ2) is 7.51. The summed E-state index contributed by atoms with van der Waals surface area (Å²) >= 11 is 0. The molecule has 26 heavy (non-hydrogen) atoms. The largest absolute Gasteiger partial charge is 0.367 e. The first-order valence-electron chi connectivity index (χ1n) is 8.53. The quantitative estimate of drug-likeness (QED) is 0.843. The van der Waals surface area contributed by atoms with E-state index in [4.69, 9.17) is 0 Å². The van der Waals surface area contributed by atoms with Crippen LogP contribution < -0.4 is 15.8 Å². The predicted molar refractivity (Wildman–Crippen MR) is 98.4 cm³/mol. The van der Waals surface area contributed by atoms with Crippen molar-refractivity contribution in [3.8, 4) is 0 Å². The van der Waals surface area contributed by atoms with Gasteiger partial charge in [0.25, 0.3) is 11.5 Å². The van der Waals surface area contributed by atoms with E-state index in [1.807, 2.05) is 25.1 Å². The lowest BCUT2D eigenvalue weighted by molar-refractivity contribution is 0.0710. The van der Waals surface area contributed by atoms with Crippen LogP contribution in [-0.4, -0.2) is 63.8 Å². The lowest BCUT2D eigenvalue weighted by Gasteiger charge is -2.32. The van der Waals surface area contributed by atoms with E-state index in [0.717, 1.165) is 24.5 Å². The van der Waals surface area contributed by atoms with Crippen LogP contribution in [0.15, 0.2) is 29.3 Å². The van der Waals surface area contributed by atoms with Gasteiger partial charge in [0.05, 0.1) is 0 Å². The Morgan fingerprint density at radius 2 is 1.96 bits per heavy atom. The lowest BCUT2D eigenvalue weighted by atomic mass is 10.0. The molecule has 0 aromatic carbocycles. The summed E-state index contributed by atoms with van der Waals surface area (Å²) in [7, 11) is 5.41. The third-order valence-electron chi connectivity index (χ3n) is 4.42. The number of aryl methyl sites for hydroxylation is 1. The van der Waals surface area contributed by atoms with Crippen LogP contribution in [0.2, 0.25) is 0 Å². The third kappa shape index (κ3) is 3.98. The summed E-state index contributed by atoms with van der Waals surface area (Å²) in [6, 6.07) is 5.01. The Kier molecular flexibility index (Phi) is 5.15. The highest BCUT2D eigenvalue weighted by Gasteiger charge is 2.25. The Morgan fingerprint density at radius 1 is 1.23 bits per heavy atom. The number of carbonyl (C=O) groups is 1. The van der Waals surface area contributed by atoms with E-state index in [0.29, 0.717) is 18.8 Å². The molecule has 0 unspecified atom stereocenters. The van der Waals surface area contributed by atoms with Crippen molar-refractivity contribution < 1.29 is 4.79 Å². The van der Waals surface area contributed by atoms with Crippen molar-refractivity contribution in [1.82, 2.24) is 24.6 Å². The molecule has 0 atom stereocenters.